The van der Waals surface area contributed by atoms with Crippen LogP contribution in [0.3, 0.4) is 0 Å². The van der Waals surface area contributed by atoms with Crippen molar-refractivity contribution in [1.29, 1.82) is 0 Å². The van der Waals surface area contributed by atoms with Crippen LogP contribution in [0.4, 0.5) is 6.01 Å². The third-order valence-electron chi connectivity index (χ3n) is 1.64. The molecule has 0 spiro atoms. The summed E-state index contributed by atoms with van der Waals surface area (Å²) in [7, 11) is 3.74. The minimum Gasteiger partial charge on any atom is -0.426 e. The van der Waals surface area contributed by atoms with E-state index in [1.165, 1.54) is 0 Å². The van der Waals surface area contributed by atoms with Gasteiger partial charge in [0.1, 0.15) is 0 Å². The maximum absolute atomic E-state index is 5.94. The molecule has 0 N–H and O–H groups in total. The largest absolute Gasteiger partial charge is 0.426 e. The lowest BCUT2D eigenvalue weighted by Gasteiger charge is -2.14. The smallest absolute Gasteiger partial charge is 0.298 e. The van der Waals surface area contributed by atoms with E-state index in [1.807, 2.05) is 34.9 Å². The highest BCUT2D eigenvalue weighted by atomic mass is 35.5. The molecule has 0 bridgehead atoms. The summed E-state index contributed by atoms with van der Waals surface area (Å²) in [5.74, 6) is 0.734. The zero-order valence-electron chi connectivity index (χ0n) is 8.68. The van der Waals surface area contributed by atoms with Crippen molar-refractivity contribution in [3.8, 4) is 0 Å². The quantitative estimate of drug-likeness (QED) is 0.701. The average Bonchev–Trinajstić information content (AvgIpc) is 2.29. The third kappa shape index (κ3) is 2.15. The molecule has 1 aromatic rings. The Labute approximate surface area is 83.7 Å². The SMILES string of the molecule is CN(C)c1nc(Cl)c(C(C)(C)C)o1. The molecule has 0 aliphatic carbocycles. The summed E-state index contributed by atoms with van der Waals surface area (Å²) in [4.78, 5) is 5.89. The van der Waals surface area contributed by atoms with E-state index in [4.69, 9.17) is 16.0 Å². The highest BCUT2D eigenvalue weighted by Crippen LogP contribution is 2.32. The van der Waals surface area contributed by atoms with Crippen molar-refractivity contribution < 1.29 is 4.42 Å². The van der Waals surface area contributed by atoms with Gasteiger partial charge in [0, 0.05) is 19.5 Å². The Bertz CT molecular complexity index is 299. The second-order valence-electron chi connectivity index (χ2n) is 4.26. The molecule has 0 atom stereocenters. The van der Waals surface area contributed by atoms with Crippen molar-refractivity contribution in [2.24, 2.45) is 0 Å². The van der Waals surface area contributed by atoms with Crippen molar-refractivity contribution in [1.82, 2.24) is 4.98 Å². The number of rotatable bonds is 1. The van der Waals surface area contributed by atoms with E-state index in [-0.39, 0.29) is 5.41 Å². The first-order valence-corrected chi connectivity index (χ1v) is 4.54. The number of halogens is 1. The van der Waals surface area contributed by atoms with Crippen molar-refractivity contribution in [3.63, 3.8) is 0 Å². The van der Waals surface area contributed by atoms with Crippen LogP contribution in [0.2, 0.25) is 5.15 Å². The maximum Gasteiger partial charge on any atom is 0.298 e. The summed E-state index contributed by atoms with van der Waals surface area (Å²) in [6, 6.07) is 0.551. The van der Waals surface area contributed by atoms with Crippen LogP contribution in [0.5, 0.6) is 0 Å². The summed E-state index contributed by atoms with van der Waals surface area (Å²) in [6.45, 7) is 6.12. The average molecular weight is 203 g/mol. The van der Waals surface area contributed by atoms with Crippen LogP contribution < -0.4 is 4.90 Å². The molecular formula is C9H15ClN2O. The summed E-state index contributed by atoms with van der Waals surface area (Å²) >= 11 is 5.94. The number of hydrogen-bond donors (Lipinski definition) is 0. The van der Waals surface area contributed by atoms with Gasteiger partial charge in [-0.15, -0.1) is 0 Å². The van der Waals surface area contributed by atoms with Gasteiger partial charge in [-0.05, 0) is 0 Å². The van der Waals surface area contributed by atoms with E-state index in [0.717, 1.165) is 5.76 Å². The fourth-order valence-electron chi connectivity index (χ4n) is 0.945. The predicted molar refractivity (Wildman–Crippen MR) is 54.5 cm³/mol. The Morgan fingerprint density at radius 2 is 1.85 bits per heavy atom. The zero-order valence-corrected chi connectivity index (χ0v) is 9.44. The van der Waals surface area contributed by atoms with Crippen LogP contribution in [0.15, 0.2) is 4.42 Å². The molecule has 74 valence electrons. The van der Waals surface area contributed by atoms with Crippen LogP contribution in [0.1, 0.15) is 26.5 Å². The normalized spacial score (nSPS) is 11.8. The van der Waals surface area contributed by atoms with E-state index in [9.17, 15) is 0 Å². The van der Waals surface area contributed by atoms with E-state index < -0.39 is 0 Å². The van der Waals surface area contributed by atoms with Gasteiger partial charge in [-0.25, -0.2) is 0 Å². The summed E-state index contributed by atoms with van der Waals surface area (Å²) in [6.07, 6.45) is 0. The topological polar surface area (TPSA) is 29.3 Å². The van der Waals surface area contributed by atoms with Crippen LogP contribution in [0, 0.1) is 0 Å². The fourth-order valence-corrected chi connectivity index (χ4v) is 1.34. The van der Waals surface area contributed by atoms with Crippen LogP contribution in [-0.4, -0.2) is 19.1 Å². The molecule has 4 heteroatoms. The molecule has 1 rings (SSSR count). The van der Waals surface area contributed by atoms with E-state index in [0.29, 0.717) is 11.2 Å². The van der Waals surface area contributed by atoms with Gasteiger partial charge in [-0.2, -0.15) is 4.98 Å². The van der Waals surface area contributed by atoms with E-state index in [1.54, 1.807) is 4.90 Å². The highest BCUT2D eigenvalue weighted by Gasteiger charge is 2.24. The molecule has 1 heterocycles. The molecule has 0 aliphatic rings. The number of aromatic nitrogens is 1. The van der Waals surface area contributed by atoms with Crippen molar-refractivity contribution in [3.05, 3.63) is 10.9 Å². The Kier molecular flexibility index (Phi) is 2.57. The molecular weight excluding hydrogens is 188 g/mol. The van der Waals surface area contributed by atoms with Gasteiger partial charge in [0.15, 0.2) is 10.9 Å². The molecule has 0 saturated carbocycles. The lowest BCUT2D eigenvalue weighted by atomic mass is 9.94. The summed E-state index contributed by atoms with van der Waals surface area (Å²) < 4.78 is 5.52. The Hall–Kier alpha value is -0.700. The lowest BCUT2D eigenvalue weighted by Crippen LogP contribution is -2.11. The van der Waals surface area contributed by atoms with Gasteiger partial charge >= 0.3 is 0 Å². The van der Waals surface area contributed by atoms with Gasteiger partial charge < -0.3 is 9.32 Å². The van der Waals surface area contributed by atoms with Gasteiger partial charge in [-0.1, -0.05) is 32.4 Å². The Balaban J connectivity index is 3.11. The van der Waals surface area contributed by atoms with Crippen LogP contribution in [-0.2, 0) is 5.41 Å². The first-order valence-electron chi connectivity index (χ1n) is 4.16. The van der Waals surface area contributed by atoms with E-state index in [2.05, 4.69) is 4.98 Å². The standard InChI is InChI=1S/C9H15ClN2O/c1-9(2,3)6-7(10)11-8(13-6)12(4)5/h1-5H3. The second kappa shape index (κ2) is 3.22. The van der Waals surface area contributed by atoms with Gasteiger partial charge in [-0.3, -0.25) is 0 Å². The molecule has 13 heavy (non-hydrogen) atoms. The molecule has 0 amide bonds. The van der Waals surface area contributed by atoms with Gasteiger partial charge in [0.25, 0.3) is 6.01 Å². The lowest BCUT2D eigenvalue weighted by molar-refractivity contribution is 0.411. The van der Waals surface area contributed by atoms with Crippen LogP contribution >= 0.6 is 11.6 Å². The predicted octanol–water partition coefficient (Wildman–Crippen LogP) is 2.69. The third-order valence-corrected chi connectivity index (χ3v) is 1.89. The zero-order chi connectivity index (χ0) is 10.2. The number of nitrogens with zero attached hydrogens (tertiary/aromatic N) is 2. The molecule has 0 fully saturated rings. The fraction of sp³-hybridized carbons (Fsp3) is 0.667. The number of hydrogen-bond acceptors (Lipinski definition) is 3. The second-order valence-corrected chi connectivity index (χ2v) is 4.62. The van der Waals surface area contributed by atoms with E-state index >= 15 is 0 Å². The molecule has 0 aliphatic heterocycles. The van der Waals surface area contributed by atoms with Gasteiger partial charge in [0.05, 0.1) is 0 Å². The van der Waals surface area contributed by atoms with Crippen molar-refractivity contribution in [2.75, 3.05) is 19.0 Å². The van der Waals surface area contributed by atoms with Crippen LogP contribution in [0.25, 0.3) is 0 Å². The number of anilines is 1. The molecule has 0 radical (unpaired) electrons. The molecule has 0 saturated heterocycles. The van der Waals surface area contributed by atoms with Crippen molar-refractivity contribution >= 4 is 17.6 Å². The Morgan fingerprint density at radius 3 is 2.08 bits per heavy atom. The molecule has 1 aromatic heterocycles. The molecule has 0 aromatic carbocycles. The number of oxazole rings is 1. The first kappa shape index (κ1) is 10.4. The van der Waals surface area contributed by atoms with Crippen molar-refractivity contribution in [2.45, 2.75) is 26.2 Å². The molecule has 3 nitrogen and oxygen atoms in total. The molecule has 0 unspecified atom stereocenters. The first-order chi connectivity index (χ1) is 5.82. The minimum absolute atomic E-state index is 0.0989. The monoisotopic (exact) mass is 202 g/mol. The van der Waals surface area contributed by atoms with Gasteiger partial charge in [0.2, 0.25) is 0 Å². The minimum atomic E-state index is -0.0989. The summed E-state index contributed by atoms with van der Waals surface area (Å²) in [5, 5.41) is 0.455. The summed E-state index contributed by atoms with van der Waals surface area (Å²) in [5.41, 5.74) is -0.0989. The highest BCUT2D eigenvalue weighted by molar-refractivity contribution is 6.30. The Morgan fingerprint density at radius 1 is 1.31 bits per heavy atom. The maximum atomic E-state index is 5.94.